The molecule has 0 aliphatic carbocycles. The summed E-state index contributed by atoms with van der Waals surface area (Å²) in [6.45, 7) is 3.82. The van der Waals surface area contributed by atoms with E-state index in [1.54, 1.807) is 0 Å². The number of ether oxygens (including phenoxy) is 2. The van der Waals surface area contributed by atoms with E-state index in [0.29, 0.717) is 12.7 Å². The molecule has 106 valence electrons. The number of epoxide rings is 1. The van der Waals surface area contributed by atoms with E-state index in [0.717, 1.165) is 18.8 Å². The molecule has 1 aliphatic rings. The van der Waals surface area contributed by atoms with Gasteiger partial charge in [-0.05, 0) is 24.5 Å². The number of hydrogen-bond acceptors (Lipinski definition) is 2. The summed E-state index contributed by atoms with van der Waals surface area (Å²) in [6.07, 6.45) is 9.52. The molecule has 19 heavy (non-hydrogen) atoms. The minimum atomic E-state index is 0.335. The van der Waals surface area contributed by atoms with Gasteiger partial charge in [0.1, 0.15) is 18.5 Å². The zero-order chi connectivity index (χ0) is 13.3. The molecule has 0 N–H and O–H groups in total. The maximum Gasteiger partial charge on any atom is 0.122 e. The van der Waals surface area contributed by atoms with Crippen molar-refractivity contribution >= 4 is 0 Å². The largest absolute Gasteiger partial charge is 0.491 e. The van der Waals surface area contributed by atoms with Gasteiger partial charge >= 0.3 is 0 Å². The Kier molecular flexibility index (Phi) is 6.22. The van der Waals surface area contributed by atoms with Crippen molar-refractivity contribution in [2.45, 2.75) is 58.0 Å². The normalized spacial score (nSPS) is 17.4. The molecule has 1 aliphatic heterocycles. The van der Waals surface area contributed by atoms with Gasteiger partial charge in [-0.15, -0.1) is 0 Å². The van der Waals surface area contributed by atoms with Gasteiger partial charge in [-0.25, -0.2) is 0 Å². The van der Waals surface area contributed by atoms with Crippen LogP contribution in [0.5, 0.6) is 5.75 Å². The number of hydrogen-bond donors (Lipinski definition) is 0. The molecule has 2 heteroatoms. The van der Waals surface area contributed by atoms with Gasteiger partial charge in [0, 0.05) is 0 Å². The SMILES string of the molecule is CCCCCCCCc1ccccc1OCC1CO1. The summed E-state index contributed by atoms with van der Waals surface area (Å²) < 4.78 is 11.0. The van der Waals surface area contributed by atoms with Gasteiger partial charge in [0.15, 0.2) is 0 Å². The van der Waals surface area contributed by atoms with E-state index in [1.807, 2.05) is 6.07 Å². The maximum absolute atomic E-state index is 5.83. The predicted molar refractivity (Wildman–Crippen MR) is 78.8 cm³/mol. The van der Waals surface area contributed by atoms with Gasteiger partial charge in [0.05, 0.1) is 6.61 Å². The molecular weight excluding hydrogens is 236 g/mol. The molecule has 1 fully saturated rings. The molecule has 0 aromatic heterocycles. The topological polar surface area (TPSA) is 21.8 Å². The Morgan fingerprint density at radius 1 is 1.11 bits per heavy atom. The molecule has 1 heterocycles. The zero-order valence-electron chi connectivity index (χ0n) is 12.1. The number of para-hydroxylation sites is 1. The van der Waals surface area contributed by atoms with Crippen molar-refractivity contribution in [2.75, 3.05) is 13.2 Å². The summed E-state index contributed by atoms with van der Waals surface area (Å²) in [5.74, 6) is 1.05. The van der Waals surface area contributed by atoms with Crippen molar-refractivity contribution in [1.29, 1.82) is 0 Å². The minimum absolute atomic E-state index is 0.335. The molecule has 0 bridgehead atoms. The summed E-state index contributed by atoms with van der Waals surface area (Å²) in [5, 5.41) is 0. The monoisotopic (exact) mass is 262 g/mol. The van der Waals surface area contributed by atoms with E-state index in [2.05, 4.69) is 25.1 Å². The standard InChI is InChI=1S/C17H26O2/c1-2-3-4-5-6-7-10-15-11-8-9-12-17(15)19-14-16-13-18-16/h8-9,11-12,16H,2-7,10,13-14H2,1H3. The molecule has 2 nitrogen and oxygen atoms in total. The molecule has 2 rings (SSSR count). The van der Waals surface area contributed by atoms with Crippen LogP contribution in [0.4, 0.5) is 0 Å². The highest BCUT2D eigenvalue weighted by atomic mass is 16.6. The van der Waals surface area contributed by atoms with E-state index in [4.69, 9.17) is 9.47 Å². The predicted octanol–water partition coefficient (Wildman–Crippen LogP) is 4.37. The van der Waals surface area contributed by atoms with E-state index in [1.165, 1.54) is 44.1 Å². The third kappa shape index (κ3) is 5.65. The fourth-order valence-corrected chi connectivity index (χ4v) is 2.29. The third-order valence-electron chi connectivity index (χ3n) is 3.60. The Morgan fingerprint density at radius 3 is 2.63 bits per heavy atom. The molecule has 0 radical (unpaired) electrons. The van der Waals surface area contributed by atoms with Gasteiger partial charge in [0.2, 0.25) is 0 Å². The lowest BCUT2D eigenvalue weighted by Gasteiger charge is -2.10. The second-order valence-corrected chi connectivity index (χ2v) is 5.39. The van der Waals surface area contributed by atoms with Gasteiger partial charge < -0.3 is 9.47 Å². The summed E-state index contributed by atoms with van der Waals surface area (Å²) in [7, 11) is 0. The Bertz CT molecular complexity index is 358. The van der Waals surface area contributed by atoms with E-state index < -0.39 is 0 Å². The average molecular weight is 262 g/mol. The summed E-state index contributed by atoms with van der Waals surface area (Å²) in [6, 6.07) is 8.42. The molecular formula is C17H26O2. The quantitative estimate of drug-likeness (QED) is 0.461. The Morgan fingerprint density at radius 2 is 1.84 bits per heavy atom. The Balaban J connectivity index is 1.68. The van der Waals surface area contributed by atoms with E-state index >= 15 is 0 Å². The molecule has 1 aromatic carbocycles. The van der Waals surface area contributed by atoms with Crippen molar-refractivity contribution in [3.8, 4) is 5.75 Å². The first-order valence-corrected chi connectivity index (χ1v) is 7.72. The van der Waals surface area contributed by atoms with Crippen LogP contribution in [0.3, 0.4) is 0 Å². The van der Waals surface area contributed by atoms with E-state index in [-0.39, 0.29) is 0 Å². The number of rotatable bonds is 10. The molecule has 1 aromatic rings. The second kappa shape index (κ2) is 8.21. The van der Waals surface area contributed by atoms with Gasteiger partial charge in [-0.3, -0.25) is 0 Å². The highest BCUT2D eigenvalue weighted by Gasteiger charge is 2.23. The van der Waals surface area contributed by atoms with Crippen molar-refractivity contribution < 1.29 is 9.47 Å². The summed E-state index contributed by atoms with van der Waals surface area (Å²) >= 11 is 0. The lowest BCUT2D eigenvalue weighted by Crippen LogP contribution is -2.05. The van der Waals surface area contributed by atoms with Crippen molar-refractivity contribution in [3.05, 3.63) is 29.8 Å². The fraction of sp³-hybridized carbons (Fsp3) is 0.647. The first-order chi connectivity index (χ1) is 9.40. The van der Waals surface area contributed by atoms with Crippen molar-refractivity contribution in [2.24, 2.45) is 0 Å². The molecule has 0 amide bonds. The van der Waals surface area contributed by atoms with Crippen LogP contribution in [0.25, 0.3) is 0 Å². The average Bonchev–Trinajstić information content (AvgIpc) is 3.25. The van der Waals surface area contributed by atoms with Crippen LogP contribution >= 0.6 is 0 Å². The highest BCUT2D eigenvalue weighted by molar-refractivity contribution is 5.33. The second-order valence-electron chi connectivity index (χ2n) is 5.39. The van der Waals surface area contributed by atoms with E-state index in [9.17, 15) is 0 Å². The van der Waals surface area contributed by atoms with Crippen LogP contribution in [0.15, 0.2) is 24.3 Å². The fourth-order valence-electron chi connectivity index (χ4n) is 2.29. The smallest absolute Gasteiger partial charge is 0.122 e. The first-order valence-electron chi connectivity index (χ1n) is 7.72. The Labute approximate surface area is 117 Å². The van der Waals surface area contributed by atoms with Crippen LogP contribution in [0.2, 0.25) is 0 Å². The summed E-state index contributed by atoms with van der Waals surface area (Å²) in [5.41, 5.74) is 1.35. The lowest BCUT2D eigenvalue weighted by atomic mass is 10.0. The molecule has 1 atom stereocenters. The summed E-state index contributed by atoms with van der Waals surface area (Å²) in [4.78, 5) is 0. The van der Waals surface area contributed by atoms with Crippen LogP contribution in [0, 0.1) is 0 Å². The molecule has 1 saturated heterocycles. The molecule has 1 unspecified atom stereocenters. The Hall–Kier alpha value is -1.02. The number of benzene rings is 1. The van der Waals surface area contributed by atoms with Gasteiger partial charge in [-0.1, -0.05) is 57.2 Å². The van der Waals surface area contributed by atoms with Crippen LogP contribution in [-0.2, 0) is 11.2 Å². The maximum atomic E-state index is 5.83. The third-order valence-corrected chi connectivity index (χ3v) is 3.60. The van der Waals surface area contributed by atoms with Crippen LogP contribution in [-0.4, -0.2) is 19.3 Å². The minimum Gasteiger partial charge on any atom is -0.491 e. The van der Waals surface area contributed by atoms with Crippen molar-refractivity contribution in [1.82, 2.24) is 0 Å². The first kappa shape index (κ1) is 14.4. The molecule has 0 saturated carbocycles. The van der Waals surface area contributed by atoms with Crippen molar-refractivity contribution in [3.63, 3.8) is 0 Å². The van der Waals surface area contributed by atoms with Crippen LogP contribution < -0.4 is 4.74 Å². The zero-order valence-corrected chi connectivity index (χ0v) is 12.1. The number of aryl methyl sites for hydroxylation is 1. The van der Waals surface area contributed by atoms with Gasteiger partial charge in [0.25, 0.3) is 0 Å². The van der Waals surface area contributed by atoms with Crippen LogP contribution in [0.1, 0.15) is 51.0 Å². The molecule has 0 spiro atoms. The van der Waals surface area contributed by atoms with Gasteiger partial charge in [-0.2, -0.15) is 0 Å². The number of unbranched alkanes of at least 4 members (excludes halogenated alkanes) is 5. The lowest BCUT2D eigenvalue weighted by molar-refractivity contribution is 0.261. The highest BCUT2D eigenvalue weighted by Crippen LogP contribution is 2.22.